The molecule has 2 heterocycles. The topological polar surface area (TPSA) is 44.8 Å². The number of rotatable bonds is 1. The molecular weight excluding hydrogens is 288 g/mol. The van der Waals surface area contributed by atoms with Gasteiger partial charge < -0.3 is 14.2 Å². The van der Waals surface area contributed by atoms with Gasteiger partial charge in [0.25, 0.3) is 0 Å². The summed E-state index contributed by atoms with van der Waals surface area (Å²) in [6.07, 6.45) is 1.05. The van der Waals surface area contributed by atoms with Crippen LogP contribution in [0.1, 0.15) is 24.5 Å². The van der Waals surface area contributed by atoms with Crippen molar-refractivity contribution in [1.82, 2.24) is 0 Å². The fourth-order valence-corrected chi connectivity index (χ4v) is 2.65. The van der Waals surface area contributed by atoms with Gasteiger partial charge in [0.15, 0.2) is 11.5 Å². The highest BCUT2D eigenvalue weighted by Crippen LogP contribution is 2.42. The Morgan fingerprint density at radius 2 is 2.06 bits per heavy atom. The Kier molecular flexibility index (Phi) is 2.70. The highest BCUT2D eigenvalue weighted by molar-refractivity contribution is 9.10. The molecule has 0 N–H and O–H groups in total. The Morgan fingerprint density at radius 1 is 1.24 bits per heavy atom. The summed E-state index contributed by atoms with van der Waals surface area (Å²) in [6.45, 7) is 1.11. The molecule has 2 aliphatic heterocycles. The Labute approximate surface area is 107 Å². The van der Waals surface area contributed by atoms with Crippen LogP contribution in [0, 0.1) is 0 Å². The molecule has 0 spiro atoms. The number of carbonyl (C=O) groups excluding carboxylic acids is 1. The summed E-state index contributed by atoms with van der Waals surface area (Å²) in [4.78, 5) is 11.1. The molecule has 17 heavy (non-hydrogen) atoms. The van der Waals surface area contributed by atoms with Gasteiger partial charge in [0.05, 0.1) is 4.47 Å². The molecular formula is C12H11BrO4. The van der Waals surface area contributed by atoms with Gasteiger partial charge >= 0.3 is 5.97 Å². The first-order valence-corrected chi connectivity index (χ1v) is 6.32. The van der Waals surface area contributed by atoms with Crippen LogP contribution in [0.2, 0.25) is 0 Å². The minimum Gasteiger partial charge on any atom is -0.486 e. The van der Waals surface area contributed by atoms with Crippen molar-refractivity contribution in [2.75, 3.05) is 13.2 Å². The molecule has 0 bridgehead atoms. The summed E-state index contributed by atoms with van der Waals surface area (Å²) in [5, 5.41) is 0. The SMILES string of the molecule is O=C1CCC(c2cc(Br)c3c(c2)OCCO3)O1. The molecule has 0 aromatic heterocycles. The maximum atomic E-state index is 11.1. The third-order valence-corrected chi connectivity index (χ3v) is 3.46. The molecule has 5 heteroatoms. The van der Waals surface area contributed by atoms with Crippen molar-refractivity contribution in [3.63, 3.8) is 0 Å². The van der Waals surface area contributed by atoms with Gasteiger partial charge in [-0.25, -0.2) is 0 Å². The average molecular weight is 299 g/mol. The molecule has 90 valence electrons. The van der Waals surface area contributed by atoms with E-state index in [1.54, 1.807) is 0 Å². The zero-order valence-electron chi connectivity index (χ0n) is 9.07. The van der Waals surface area contributed by atoms with Crippen LogP contribution in [-0.4, -0.2) is 19.2 Å². The lowest BCUT2D eigenvalue weighted by Crippen LogP contribution is -2.16. The van der Waals surface area contributed by atoms with E-state index in [2.05, 4.69) is 15.9 Å². The predicted molar refractivity (Wildman–Crippen MR) is 63.2 cm³/mol. The maximum absolute atomic E-state index is 11.1. The van der Waals surface area contributed by atoms with E-state index in [1.165, 1.54) is 0 Å². The van der Waals surface area contributed by atoms with E-state index < -0.39 is 0 Å². The molecule has 1 fully saturated rings. The first-order valence-electron chi connectivity index (χ1n) is 5.52. The summed E-state index contributed by atoms with van der Waals surface area (Å²) < 4.78 is 17.1. The molecule has 1 aromatic rings. The maximum Gasteiger partial charge on any atom is 0.306 e. The first-order chi connectivity index (χ1) is 8.24. The Morgan fingerprint density at radius 3 is 2.82 bits per heavy atom. The van der Waals surface area contributed by atoms with Crippen molar-refractivity contribution < 1.29 is 19.0 Å². The lowest BCUT2D eigenvalue weighted by molar-refractivity contribution is -0.141. The number of fused-ring (bicyclic) bond motifs is 1. The van der Waals surface area contributed by atoms with Crippen molar-refractivity contribution >= 4 is 21.9 Å². The van der Waals surface area contributed by atoms with Gasteiger partial charge in [-0.3, -0.25) is 4.79 Å². The molecule has 4 nitrogen and oxygen atoms in total. The summed E-state index contributed by atoms with van der Waals surface area (Å²) in [5.41, 5.74) is 0.951. The summed E-state index contributed by atoms with van der Waals surface area (Å²) >= 11 is 3.45. The highest BCUT2D eigenvalue weighted by atomic mass is 79.9. The van der Waals surface area contributed by atoms with Crippen molar-refractivity contribution in [1.29, 1.82) is 0 Å². The Hall–Kier alpha value is -1.23. The van der Waals surface area contributed by atoms with Crippen LogP contribution in [0.4, 0.5) is 0 Å². The van der Waals surface area contributed by atoms with Crippen LogP contribution >= 0.6 is 15.9 Å². The standard InChI is InChI=1S/C12H11BrO4/c13-8-5-7(9-1-2-11(14)17-9)6-10-12(8)16-4-3-15-10/h5-6,9H,1-4H2. The van der Waals surface area contributed by atoms with Crippen LogP contribution in [0.3, 0.4) is 0 Å². The van der Waals surface area contributed by atoms with Crippen LogP contribution in [0.5, 0.6) is 11.5 Å². The number of cyclic esters (lactones) is 1. The van der Waals surface area contributed by atoms with E-state index in [0.29, 0.717) is 25.4 Å². The van der Waals surface area contributed by atoms with E-state index in [4.69, 9.17) is 14.2 Å². The summed E-state index contributed by atoms with van der Waals surface area (Å²) in [7, 11) is 0. The van der Waals surface area contributed by atoms with E-state index in [1.807, 2.05) is 12.1 Å². The molecule has 0 radical (unpaired) electrons. The number of hydrogen-bond acceptors (Lipinski definition) is 4. The zero-order chi connectivity index (χ0) is 11.8. The molecule has 0 saturated carbocycles. The number of carbonyl (C=O) groups is 1. The van der Waals surface area contributed by atoms with Gasteiger partial charge in [0.1, 0.15) is 19.3 Å². The second kappa shape index (κ2) is 4.22. The molecule has 3 rings (SSSR count). The molecule has 2 aliphatic rings. The van der Waals surface area contributed by atoms with E-state index in [-0.39, 0.29) is 12.1 Å². The van der Waals surface area contributed by atoms with Gasteiger partial charge in [-0.15, -0.1) is 0 Å². The number of halogens is 1. The molecule has 1 aromatic carbocycles. The summed E-state index contributed by atoms with van der Waals surface area (Å²) in [6, 6.07) is 3.82. The van der Waals surface area contributed by atoms with E-state index in [9.17, 15) is 4.79 Å². The van der Waals surface area contributed by atoms with Gasteiger partial charge in [-0.2, -0.15) is 0 Å². The molecule has 0 aliphatic carbocycles. The fourth-order valence-electron chi connectivity index (χ4n) is 2.08. The minimum atomic E-state index is -0.158. The second-order valence-corrected chi connectivity index (χ2v) is 4.90. The van der Waals surface area contributed by atoms with Crippen LogP contribution in [0.15, 0.2) is 16.6 Å². The van der Waals surface area contributed by atoms with Crippen LogP contribution < -0.4 is 9.47 Å². The average Bonchev–Trinajstić information content (AvgIpc) is 2.76. The van der Waals surface area contributed by atoms with Gasteiger partial charge in [-0.1, -0.05) is 0 Å². The lowest BCUT2D eigenvalue weighted by Gasteiger charge is -2.21. The van der Waals surface area contributed by atoms with Crippen molar-refractivity contribution in [3.8, 4) is 11.5 Å². The first kappa shape index (κ1) is 10.9. The molecule has 1 unspecified atom stereocenters. The van der Waals surface area contributed by atoms with Crippen molar-refractivity contribution in [2.45, 2.75) is 18.9 Å². The van der Waals surface area contributed by atoms with Gasteiger partial charge in [0, 0.05) is 6.42 Å². The zero-order valence-corrected chi connectivity index (χ0v) is 10.7. The molecule has 1 atom stereocenters. The summed E-state index contributed by atoms with van der Waals surface area (Å²) in [5.74, 6) is 1.30. The smallest absolute Gasteiger partial charge is 0.306 e. The van der Waals surface area contributed by atoms with E-state index >= 15 is 0 Å². The van der Waals surface area contributed by atoms with Gasteiger partial charge in [-0.05, 0) is 40.0 Å². The van der Waals surface area contributed by atoms with Crippen molar-refractivity contribution in [2.24, 2.45) is 0 Å². The molecule has 1 saturated heterocycles. The predicted octanol–water partition coefficient (Wildman–Crippen LogP) is 2.60. The highest BCUT2D eigenvalue weighted by Gasteiger charge is 2.27. The van der Waals surface area contributed by atoms with Crippen LogP contribution in [0.25, 0.3) is 0 Å². The number of benzene rings is 1. The Bertz CT molecular complexity index is 472. The third-order valence-electron chi connectivity index (χ3n) is 2.88. The number of esters is 1. The fraction of sp³-hybridized carbons (Fsp3) is 0.417. The second-order valence-electron chi connectivity index (χ2n) is 4.04. The third kappa shape index (κ3) is 1.99. The van der Waals surface area contributed by atoms with E-state index in [0.717, 1.165) is 22.2 Å². The number of hydrogen-bond donors (Lipinski definition) is 0. The Balaban J connectivity index is 1.96. The largest absolute Gasteiger partial charge is 0.486 e. The van der Waals surface area contributed by atoms with Crippen LogP contribution in [-0.2, 0) is 9.53 Å². The monoisotopic (exact) mass is 298 g/mol. The lowest BCUT2D eigenvalue weighted by atomic mass is 10.1. The van der Waals surface area contributed by atoms with Gasteiger partial charge in [0.2, 0.25) is 0 Å². The van der Waals surface area contributed by atoms with Crippen molar-refractivity contribution in [3.05, 3.63) is 22.2 Å². The minimum absolute atomic E-state index is 0.138. The quantitative estimate of drug-likeness (QED) is 0.748. The normalized spacial score (nSPS) is 22.4. The molecule has 0 amide bonds. The number of ether oxygens (including phenoxy) is 3.